The highest BCUT2D eigenvalue weighted by atomic mass is 32.2. The minimum absolute atomic E-state index is 0.0365. The van der Waals surface area contributed by atoms with E-state index in [0.29, 0.717) is 30.9 Å². The van der Waals surface area contributed by atoms with Crippen molar-refractivity contribution < 1.29 is 26.9 Å². The quantitative estimate of drug-likeness (QED) is 0.519. The number of ether oxygens (including phenoxy) is 1. The van der Waals surface area contributed by atoms with Crippen LogP contribution in [0.2, 0.25) is 0 Å². The first-order valence-electron chi connectivity index (χ1n) is 11.0. The second-order valence-electron chi connectivity index (χ2n) is 8.02. The summed E-state index contributed by atoms with van der Waals surface area (Å²) in [5.74, 6) is 1.07. The number of carbonyl (C=O) groups is 1. The number of sulfonamides is 1. The summed E-state index contributed by atoms with van der Waals surface area (Å²) in [5.41, 5.74) is 1.17. The van der Waals surface area contributed by atoms with Crippen LogP contribution in [-0.2, 0) is 21.4 Å². The van der Waals surface area contributed by atoms with Crippen molar-refractivity contribution in [2.75, 3.05) is 20.2 Å². The zero-order valence-electron chi connectivity index (χ0n) is 19.1. The highest BCUT2D eigenvalue weighted by Crippen LogP contribution is 2.29. The van der Waals surface area contributed by atoms with E-state index in [0.717, 1.165) is 5.56 Å². The molecule has 1 N–H and O–H groups in total. The van der Waals surface area contributed by atoms with Crippen molar-refractivity contribution in [1.82, 2.24) is 14.8 Å². The smallest absolute Gasteiger partial charge is 0.248 e. The number of carbonyl (C=O) groups excluding carboxylic acids is 1. The Kier molecular flexibility index (Phi) is 7.18. The first kappa shape index (κ1) is 23.8. The summed E-state index contributed by atoms with van der Waals surface area (Å²) in [5, 5.41) is 6.79. The van der Waals surface area contributed by atoms with Gasteiger partial charge < -0.3 is 19.0 Å². The number of piperidine rings is 1. The first-order valence-corrected chi connectivity index (χ1v) is 12.4. The molecule has 3 heterocycles. The van der Waals surface area contributed by atoms with Gasteiger partial charge in [-0.05, 0) is 50.1 Å². The third-order valence-electron chi connectivity index (χ3n) is 5.84. The second-order valence-corrected chi connectivity index (χ2v) is 9.89. The molecule has 0 spiro atoms. The van der Waals surface area contributed by atoms with Crippen molar-refractivity contribution in [3.8, 4) is 5.75 Å². The number of para-hydroxylation sites is 1. The Balaban J connectivity index is 1.39. The molecule has 1 aliphatic rings. The number of furan rings is 1. The molecular formula is C24H27N3O6S. The highest BCUT2D eigenvalue weighted by molar-refractivity contribution is 7.89. The molecule has 0 unspecified atom stereocenters. The van der Waals surface area contributed by atoms with Crippen molar-refractivity contribution in [1.29, 1.82) is 0 Å². The van der Waals surface area contributed by atoms with Crippen LogP contribution in [0.3, 0.4) is 0 Å². The summed E-state index contributed by atoms with van der Waals surface area (Å²) in [6.45, 7) is 2.42. The fourth-order valence-corrected chi connectivity index (χ4v) is 5.73. The van der Waals surface area contributed by atoms with Crippen LogP contribution < -0.4 is 10.1 Å². The summed E-state index contributed by atoms with van der Waals surface area (Å²) in [4.78, 5) is 12.7. The lowest BCUT2D eigenvalue weighted by atomic mass is 9.97. The molecule has 1 amide bonds. The number of nitrogens with zero attached hydrogens (tertiary/aromatic N) is 2. The van der Waals surface area contributed by atoms with Crippen molar-refractivity contribution in [2.45, 2.75) is 31.2 Å². The van der Waals surface area contributed by atoms with Crippen LogP contribution in [0, 0.1) is 12.8 Å². The van der Waals surface area contributed by atoms with Gasteiger partial charge in [0.05, 0.1) is 13.4 Å². The van der Waals surface area contributed by atoms with E-state index in [1.807, 2.05) is 24.3 Å². The molecule has 3 aromatic rings. The molecular weight excluding hydrogens is 458 g/mol. The predicted molar refractivity (Wildman–Crippen MR) is 125 cm³/mol. The lowest BCUT2D eigenvalue weighted by Gasteiger charge is -2.30. The van der Waals surface area contributed by atoms with Gasteiger partial charge in [0.1, 0.15) is 17.2 Å². The van der Waals surface area contributed by atoms with Crippen molar-refractivity contribution in [2.24, 2.45) is 5.92 Å². The van der Waals surface area contributed by atoms with E-state index >= 15 is 0 Å². The van der Waals surface area contributed by atoms with Gasteiger partial charge in [-0.15, -0.1) is 0 Å². The van der Waals surface area contributed by atoms with Gasteiger partial charge in [-0.2, -0.15) is 4.31 Å². The van der Waals surface area contributed by atoms with E-state index in [4.69, 9.17) is 13.7 Å². The molecule has 4 rings (SSSR count). The molecule has 1 aliphatic heterocycles. The largest absolute Gasteiger partial charge is 0.496 e. The zero-order valence-corrected chi connectivity index (χ0v) is 19.9. The summed E-state index contributed by atoms with van der Waals surface area (Å²) in [6.07, 6.45) is 5.54. The standard InChI is InChI=1S/C24H27N3O6S/c1-17-23(22(33-26-17)10-9-20-7-5-15-32-20)34(29,30)27-13-11-18(12-14-27)24(28)25-16-19-6-3-4-8-21(19)31-2/h3-10,15,18H,11-14,16H2,1-2H3,(H,25,28). The Bertz CT molecular complexity index is 1260. The third kappa shape index (κ3) is 5.07. The van der Waals surface area contributed by atoms with Gasteiger partial charge in [0.2, 0.25) is 15.9 Å². The van der Waals surface area contributed by atoms with Gasteiger partial charge >= 0.3 is 0 Å². The van der Waals surface area contributed by atoms with E-state index in [-0.39, 0.29) is 41.3 Å². The molecule has 0 saturated carbocycles. The van der Waals surface area contributed by atoms with Crippen LogP contribution >= 0.6 is 0 Å². The average molecular weight is 486 g/mol. The summed E-state index contributed by atoms with van der Waals surface area (Å²) in [7, 11) is -2.25. The molecule has 0 radical (unpaired) electrons. The molecule has 1 fully saturated rings. The van der Waals surface area contributed by atoms with Crippen LogP contribution in [0.15, 0.2) is 56.5 Å². The van der Waals surface area contributed by atoms with Crippen LogP contribution in [0.1, 0.15) is 35.6 Å². The molecule has 9 nitrogen and oxygen atoms in total. The normalized spacial score (nSPS) is 15.6. The van der Waals surface area contributed by atoms with Crippen LogP contribution in [0.25, 0.3) is 12.2 Å². The number of benzene rings is 1. The van der Waals surface area contributed by atoms with Gasteiger partial charge in [0, 0.05) is 31.1 Å². The molecule has 180 valence electrons. The lowest BCUT2D eigenvalue weighted by Crippen LogP contribution is -2.43. The van der Waals surface area contributed by atoms with Crippen LogP contribution in [0.5, 0.6) is 5.75 Å². The first-order chi connectivity index (χ1) is 16.4. The third-order valence-corrected chi connectivity index (χ3v) is 7.90. The molecule has 1 aromatic carbocycles. The Morgan fingerprint density at radius 2 is 1.97 bits per heavy atom. The summed E-state index contributed by atoms with van der Waals surface area (Å²) >= 11 is 0. The average Bonchev–Trinajstić information content (AvgIpc) is 3.51. The van der Waals surface area contributed by atoms with Gasteiger partial charge in [0.25, 0.3) is 0 Å². The van der Waals surface area contributed by atoms with Gasteiger partial charge in [-0.3, -0.25) is 4.79 Å². The maximum atomic E-state index is 13.4. The molecule has 1 saturated heterocycles. The molecule has 0 aliphatic carbocycles. The summed E-state index contributed by atoms with van der Waals surface area (Å²) in [6, 6.07) is 11.0. The minimum atomic E-state index is -3.84. The maximum absolute atomic E-state index is 13.4. The second kappa shape index (κ2) is 10.3. The van der Waals surface area contributed by atoms with E-state index < -0.39 is 10.0 Å². The van der Waals surface area contributed by atoms with Crippen molar-refractivity contribution in [3.05, 3.63) is 65.4 Å². The number of aromatic nitrogens is 1. The lowest BCUT2D eigenvalue weighted by molar-refractivity contribution is -0.126. The highest BCUT2D eigenvalue weighted by Gasteiger charge is 2.35. The van der Waals surface area contributed by atoms with Gasteiger partial charge in [-0.1, -0.05) is 23.4 Å². The van der Waals surface area contributed by atoms with Crippen molar-refractivity contribution >= 4 is 28.1 Å². The number of hydrogen-bond donors (Lipinski definition) is 1. The Morgan fingerprint density at radius 3 is 2.68 bits per heavy atom. The Morgan fingerprint density at radius 1 is 1.21 bits per heavy atom. The van der Waals surface area contributed by atoms with Crippen molar-refractivity contribution in [3.63, 3.8) is 0 Å². The van der Waals surface area contributed by atoms with Crippen LogP contribution in [0.4, 0.5) is 0 Å². The number of nitrogens with one attached hydrogen (secondary N) is 1. The monoisotopic (exact) mass is 485 g/mol. The fraction of sp³-hybridized carbons (Fsp3) is 0.333. The number of aryl methyl sites for hydroxylation is 1. The number of hydrogen-bond acceptors (Lipinski definition) is 7. The Hall–Kier alpha value is -3.37. The summed E-state index contributed by atoms with van der Waals surface area (Å²) < 4.78 is 43.9. The fourth-order valence-electron chi connectivity index (χ4n) is 4.01. The zero-order chi connectivity index (χ0) is 24.1. The molecule has 0 bridgehead atoms. The molecule has 2 aromatic heterocycles. The number of methoxy groups -OCH3 is 1. The van der Waals surface area contributed by atoms with Gasteiger partial charge in [0.15, 0.2) is 10.7 Å². The topological polar surface area (TPSA) is 115 Å². The Labute approximate surface area is 198 Å². The molecule has 10 heteroatoms. The van der Waals surface area contributed by atoms with Gasteiger partial charge in [-0.25, -0.2) is 8.42 Å². The SMILES string of the molecule is COc1ccccc1CNC(=O)C1CCN(S(=O)(=O)c2c(C)noc2C=Cc2ccco2)CC1. The maximum Gasteiger partial charge on any atom is 0.248 e. The van der Waals surface area contributed by atoms with E-state index in [1.165, 1.54) is 16.6 Å². The van der Waals surface area contributed by atoms with E-state index in [9.17, 15) is 13.2 Å². The predicted octanol–water partition coefficient (Wildman–Crippen LogP) is 3.47. The van der Waals surface area contributed by atoms with Crippen LogP contribution in [-0.4, -0.2) is 44.0 Å². The van der Waals surface area contributed by atoms with E-state index in [1.54, 1.807) is 32.2 Å². The van der Waals surface area contributed by atoms with E-state index in [2.05, 4.69) is 10.5 Å². The number of amides is 1. The number of rotatable bonds is 8. The molecule has 0 atom stereocenters. The minimum Gasteiger partial charge on any atom is -0.496 e. The molecule has 34 heavy (non-hydrogen) atoms.